The van der Waals surface area contributed by atoms with Crippen LogP contribution in [0.1, 0.15) is 22.8 Å². The van der Waals surface area contributed by atoms with Crippen LogP contribution in [0.25, 0.3) is 5.69 Å². The summed E-state index contributed by atoms with van der Waals surface area (Å²) in [5, 5.41) is 7.82. The van der Waals surface area contributed by atoms with E-state index in [9.17, 15) is 9.18 Å². The van der Waals surface area contributed by atoms with Gasteiger partial charge in [-0.2, -0.15) is 5.10 Å². The number of hydrogen-bond acceptors (Lipinski definition) is 3. The minimum Gasteiger partial charge on any atom is -0.308 e. The maximum atomic E-state index is 13.7. The summed E-state index contributed by atoms with van der Waals surface area (Å²) in [7, 11) is 0. The van der Waals surface area contributed by atoms with Crippen LogP contribution in [0.3, 0.4) is 0 Å². The van der Waals surface area contributed by atoms with Gasteiger partial charge in [0.15, 0.2) is 0 Å². The van der Waals surface area contributed by atoms with Crippen molar-refractivity contribution >= 4 is 23.2 Å². The number of benzene rings is 2. The third kappa shape index (κ3) is 3.46. The second-order valence-corrected chi connectivity index (χ2v) is 6.99. The average molecular weight is 385 g/mol. The number of carbonyl (C=O) groups excluding carboxylic acids is 1. The zero-order valence-corrected chi connectivity index (χ0v) is 15.4. The van der Waals surface area contributed by atoms with E-state index in [1.165, 1.54) is 12.1 Å². The Morgan fingerprint density at radius 3 is 2.89 bits per heavy atom. The van der Waals surface area contributed by atoms with Crippen molar-refractivity contribution in [3.8, 4) is 5.69 Å². The molecule has 2 aromatic carbocycles. The van der Waals surface area contributed by atoms with E-state index in [0.717, 1.165) is 11.3 Å². The number of nitrogens with one attached hydrogen (secondary N) is 1. The Morgan fingerprint density at radius 2 is 2.15 bits per heavy atom. The summed E-state index contributed by atoms with van der Waals surface area (Å²) in [4.78, 5) is 14.9. The third-order valence-electron chi connectivity index (χ3n) is 4.63. The molecule has 138 valence electrons. The molecule has 1 aromatic heterocycles. The van der Waals surface area contributed by atoms with Crippen molar-refractivity contribution < 1.29 is 9.18 Å². The molecule has 5 nitrogen and oxygen atoms in total. The first-order chi connectivity index (χ1) is 13.0. The van der Waals surface area contributed by atoms with E-state index in [1.807, 2.05) is 13.0 Å². The topological polar surface area (TPSA) is 50.2 Å². The van der Waals surface area contributed by atoms with Crippen LogP contribution in [0.4, 0.5) is 10.1 Å². The van der Waals surface area contributed by atoms with Gasteiger partial charge in [0.1, 0.15) is 5.82 Å². The molecule has 0 aliphatic carbocycles. The van der Waals surface area contributed by atoms with Gasteiger partial charge in [-0.05, 0) is 55.0 Å². The summed E-state index contributed by atoms with van der Waals surface area (Å²) in [5.41, 5.74) is 2.62. The highest BCUT2D eigenvalue weighted by molar-refractivity contribution is 6.34. The fourth-order valence-corrected chi connectivity index (χ4v) is 3.51. The summed E-state index contributed by atoms with van der Waals surface area (Å²) in [6, 6.07) is 11.6. The number of carbonyl (C=O) groups is 1. The number of amides is 1. The van der Waals surface area contributed by atoms with Gasteiger partial charge >= 0.3 is 0 Å². The van der Waals surface area contributed by atoms with E-state index in [4.69, 9.17) is 11.6 Å². The molecule has 2 heterocycles. The van der Waals surface area contributed by atoms with Gasteiger partial charge in [-0.25, -0.2) is 9.07 Å². The van der Waals surface area contributed by atoms with Crippen LogP contribution in [-0.4, -0.2) is 28.3 Å². The quantitative estimate of drug-likeness (QED) is 0.731. The second-order valence-electron chi connectivity index (χ2n) is 6.59. The first kappa shape index (κ1) is 17.7. The minimum absolute atomic E-state index is 0.0616. The van der Waals surface area contributed by atoms with Crippen molar-refractivity contribution in [2.75, 3.05) is 11.4 Å². The highest BCUT2D eigenvalue weighted by Gasteiger charge is 2.26. The Bertz CT molecular complexity index is 990. The highest BCUT2D eigenvalue weighted by Crippen LogP contribution is 2.29. The molecule has 4 rings (SSSR count). The highest BCUT2D eigenvalue weighted by atomic mass is 35.5. The van der Waals surface area contributed by atoms with Crippen LogP contribution in [0, 0.1) is 5.82 Å². The molecule has 0 spiro atoms. The maximum absolute atomic E-state index is 13.7. The number of fused-ring (bicyclic) bond motifs is 1. The molecule has 1 atom stereocenters. The first-order valence-electron chi connectivity index (χ1n) is 8.66. The molecule has 27 heavy (non-hydrogen) atoms. The molecule has 1 amide bonds. The molecular formula is C20H18ClFN4O. The van der Waals surface area contributed by atoms with E-state index in [2.05, 4.69) is 10.4 Å². The molecule has 0 bridgehead atoms. The fourth-order valence-electron chi connectivity index (χ4n) is 3.26. The summed E-state index contributed by atoms with van der Waals surface area (Å²) < 4.78 is 15.3. The lowest BCUT2D eigenvalue weighted by molar-refractivity contribution is 0.0985. The third-order valence-corrected chi connectivity index (χ3v) is 4.94. The zero-order chi connectivity index (χ0) is 19.0. The van der Waals surface area contributed by atoms with E-state index in [0.29, 0.717) is 29.4 Å². The van der Waals surface area contributed by atoms with Gasteiger partial charge < -0.3 is 10.2 Å². The van der Waals surface area contributed by atoms with Crippen LogP contribution < -0.4 is 10.2 Å². The molecule has 0 radical (unpaired) electrons. The van der Waals surface area contributed by atoms with Crippen molar-refractivity contribution in [2.24, 2.45) is 0 Å². The summed E-state index contributed by atoms with van der Waals surface area (Å²) >= 11 is 6.43. The summed E-state index contributed by atoms with van der Waals surface area (Å²) in [6.07, 6.45) is 3.48. The van der Waals surface area contributed by atoms with Crippen molar-refractivity contribution in [1.29, 1.82) is 0 Å². The van der Waals surface area contributed by atoms with Crippen LogP contribution in [0.15, 0.2) is 54.9 Å². The van der Waals surface area contributed by atoms with Crippen molar-refractivity contribution in [2.45, 2.75) is 19.5 Å². The number of halogens is 2. The number of anilines is 1. The average Bonchev–Trinajstić information content (AvgIpc) is 3.14. The molecule has 1 aliphatic rings. The predicted molar refractivity (Wildman–Crippen MR) is 103 cm³/mol. The lowest BCUT2D eigenvalue weighted by Gasteiger charge is -2.25. The minimum atomic E-state index is -0.320. The van der Waals surface area contributed by atoms with E-state index < -0.39 is 0 Å². The van der Waals surface area contributed by atoms with Crippen molar-refractivity contribution in [1.82, 2.24) is 15.1 Å². The van der Waals surface area contributed by atoms with Crippen LogP contribution in [-0.2, 0) is 6.54 Å². The zero-order valence-electron chi connectivity index (χ0n) is 14.7. The Morgan fingerprint density at radius 1 is 1.30 bits per heavy atom. The molecule has 0 unspecified atom stereocenters. The number of nitrogens with zero attached hydrogens (tertiary/aromatic N) is 3. The molecular weight excluding hydrogens is 367 g/mol. The molecule has 1 aliphatic heterocycles. The Balaban J connectivity index is 1.72. The van der Waals surface area contributed by atoms with Gasteiger partial charge in [-0.15, -0.1) is 0 Å². The standard InChI is InChI=1S/C20H18ClFN4O/c1-13-12-25(19-6-3-15(22)9-14(19)11-23-13)20(27)17-5-4-16(10-18(17)21)26-8-2-7-24-26/h2-10,13,23H,11-12H2,1H3/t13-/m1/s1. The smallest absolute Gasteiger partial charge is 0.259 e. The van der Waals surface area contributed by atoms with Crippen molar-refractivity contribution in [3.05, 3.63) is 76.8 Å². The monoisotopic (exact) mass is 384 g/mol. The summed E-state index contributed by atoms with van der Waals surface area (Å²) in [5.74, 6) is -0.533. The Kier molecular flexibility index (Phi) is 4.68. The normalized spacial score (nSPS) is 16.7. The Labute approximate surface area is 161 Å². The molecule has 0 saturated heterocycles. The lowest BCUT2D eigenvalue weighted by atomic mass is 10.1. The number of aromatic nitrogens is 2. The van der Waals surface area contributed by atoms with Crippen LogP contribution in [0.2, 0.25) is 5.02 Å². The van der Waals surface area contributed by atoms with Crippen LogP contribution >= 0.6 is 11.6 Å². The van der Waals surface area contributed by atoms with Gasteiger partial charge in [0.25, 0.3) is 5.91 Å². The number of rotatable bonds is 2. The van der Waals surface area contributed by atoms with E-state index in [-0.39, 0.29) is 17.8 Å². The van der Waals surface area contributed by atoms with Gasteiger partial charge in [0.2, 0.25) is 0 Å². The van der Waals surface area contributed by atoms with E-state index in [1.54, 1.807) is 46.2 Å². The lowest BCUT2D eigenvalue weighted by Crippen LogP contribution is -2.39. The molecule has 3 aromatic rings. The van der Waals surface area contributed by atoms with Crippen molar-refractivity contribution in [3.63, 3.8) is 0 Å². The molecule has 0 fully saturated rings. The Hall–Kier alpha value is -2.70. The van der Waals surface area contributed by atoms with E-state index >= 15 is 0 Å². The molecule has 1 N–H and O–H groups in total. The molecule has 0 saturated carbocycles. The maximum Gasteiger partial charge on any atom is 0.259 e. The SMILES string of the molecule is C[C@@H]1CN(C(=O)c2ccc(-n3cccn3)cc2Cl)c2ccc(F)cc2CN1. The molecule has 7 heteroatoms. The second kappa shape index (κ2) is 7.13. The number of hydrogen-bond donors (Lipinski definition) is 1. The first-order valence-corrected chi connectivity index (χ1v) is 9.04. The van der Waals surface area contributed by atoms with Gasteiger partial charge in [-0.1, -0.05) is 11.6 Å². The van der Waals surface area contributed by atoms with Crippen LogP contribution in [0.5, 0.6) is 0 Å². The summed E-state index contributed by atoms with van der Waals surface area (Å²) in [6.45, 7) is 2.96. The fraction of sp³-hybridized carbons (Fsp3) is 0.200. The van der Waals surface area contributed by atoms with Gasteiger partial charge in [-0.3, -0.25) is 4.79 Å². The van der Waals surface area contributed by atoms with Gasteiger partial charge in [0.05, 0.1) is 16.3 Å². The largest absolute Gasteiger partial charge is 0.308 e. The van der Waals surface area contributed by atoms with Gasteiger partial charge in [0, 0.05) is 37.2 Å². The predicted octanol–water partition coefficient (Wildman–Crippen LogP) is 3.80.